The van der Waals surface area contributed by atoms with E-state index in [1.807, 2.05) is 0 Å². The van der Waals surface area contributed by atoms with Gasteiger partial charge in [0.15, 0.2) is 0 Å². The lowest BCUT2D eigenvalue weighted by Gasteiger charge is -2.41. The Morgan fingerprint density at radius 3 is 2.90 bits per heavy atom. The van der Waals surface area contributed by atoms with E-state index in [0.29, 0.717) is 25.3 Å². The van der Waals surface area contributed by atoms with Gasteiger partial charge in [0.1, 0.15) is 12.4 Å². The molecule has 0 aromatic rings. The first kappa shape index (κ1) is 21.9. The molecule has 1 saturated carbocycles. The average molecular weight is 425 g/mol. The summed E-state index contributed by atoms with van der Waals surface area (Å²) in [5, 5.41) is 9.81. The molecule has 3 heterocycles. The summed E-state index contributed by atoms with van der Waals surface area (Å²) in [6.07, 6.45) is 8.49. The number of amides is 2. The number of hydroxylamine groups is 1. The van der Waals surface area contributed by atoms with Gasteiger partial charge < -0.3 is 15.4 Å². The van der Waals surface area contributed by atoms with E-state index in [0.717, 1.165) is 51.7 Å². The molecule has 30 heavy (non-hydrogen) atoms. The van der Waals surface area contributed by atoms with Crippen molar-refractivity contribution in [2.75, 3.05) is 19.7 Å². The van der Waals surface area contributed by atoms with Crippen LogP contribution in [0, 0.1) is 11.8 Å². The first-order valence-electron chi connectivity index (χ1n) is 11.5. The Morgan fingerprint density at radius 2 is 2.03 bits per heavy atom. The van der Waals surface area contributed by atoms with Gasteiger partial charge in [-0.3, -0.25) is 25.2 Å². The molecule has 0 aromatic heterocycles. The average Bonchev–Trinajstić information content (AvgIpc) is 3.45. The van der Waals surface area contributed by atoms with Crippen LogP contribution < -0.4 is 32.3 Å². The van der Waals surface area contributed by atoms with E-state index in [2.05, 4.69) is 32.3 Å². The second-order valence-corrected chi connectivity index (χ2v) is 8.78. The van der Waals surface area contributed by atoms with Crippen LogP contribution in [0.2, 0.25) is 0 Å². The summed E-state index contributed by atoms with van der Waals surface area (Å²) in [5.74, 6) is 0.644. The molecule has 1 aliphatic carbocycles. The predicted octanol–water partition coefficient (Wildman–Crippen LogP) is -0.415. The van der Waals surface area contributed by atoms with E-state index < -0.39 is 0 Å². The largest absolute Gasteiger partial charge is 0.375 e. The van der Waals surface area contributed by atoms with Gasteiger partial charge in [0.05, 0.1) is 12.3 Å². The Bertz CT molecular complexity index is 588. The van der Waals surface area contributed by atoms with Crippen LogP contribution in [0.1, 0.15) is 57.8 Å². The van der Waals surface area contributed by atoms with Crippen molar-refractivity contribution in [1.29, 1.82) is 0 Å². The molecule has 4 aliphatic rings. The lowest BCUT2D eigenvalue weighted by Crippen LogP contribution is -2.64. The third-order valence-corrected chi connectivity index (χ3v) is 6.65. The van der Waals surface area contributed by atoms with Crippen molar-refractivity contribution in [1.82, 2.24) is 32.3 Å². The van der Waals surface area contributed by atoms with Gasteiger partial charge in [-0.05, 0) is 45.1 Å². The van der Waals surface area contributed by atoms with E-state index in [9.17, 15) is 9.59 Å². The van der Waals surface area contributed by atoms with Gasteiger partial charge in [-0.15, -0.1) is 0 Å². The summed E-state index contributed by atoms with van der Waals surface area (Å²) in [6, 6.07) is 0. The summed E-state index contributed by atoms with van der Waals surface area (Å²) >= 11 is 0. The summed E-state index contributed by atoms with van der Waals surface area (Å²) < 4.78 is 5.65. The zero-order chi connectivity index (χ0) is 20.8. The standard InChI is InChI=1S/C20H36N6O4/c27-16(8-9-17-23-19(26-30-17)15-7-3-12-29-15)21-10-4-11-22-18-13-5-1-2-6-14(13)20(28)25-24-18/h13-15,17-19,22-24,26H,1-12H2,(H,21,27)(H,25,28). The van der Waals surface area contributed by atoms with Gasteiger partial charge in [0, 0.05) is 31.4 Å². The van der Waals surface area contributed by atoms with Gasteiger partial charge in [-0.1, -0.05) is 12.8 Å². The highest BCUT2D eigenvalue weighted by molar-refractivity contribution is 5.79. The van der Waals surface area contributed by atoms with Crippen molar-refractivity contribution >= 4 is 11.8 Å². The summed E-state index contributed by atoms with van der Waals surface area (Å²) in [7, 11) is 0. The van der Waals surface area contributed by atoms with Crippen LogP contribution in [-0.2, 0) is 19.2 Å². The molecule has 10 nitrogen and oxygen atoms in total. The lowest BCUT2D eigenvalue weighted by molar-refractivity contribution is -0.134. The Labute approximate surface area is 177 Å². The summed E-state index contributed by atoms with van der Waals surface area (Å²) in [6.45, 7) is 2.23. The fourth-order valence-electron chi connectivity index (χ4n) is 4.97. The molecule has 0 radical (unpaired) electrons. The second kappa shape index (κ2) is 10.8. The number of hydrogen-bond acceptors (Lipinski definition) is 8. The van der Waals surface area contributed by atoms with Crippen molar-refractivity contribution in [2.24, 2.45) is 11.8 Å². The van der Waals surface area contributed by atoms with Crippen LogP contribution in [0.15, 0.2) is 0 Å². The topological polar surface area (TPSA) is 125 Å². The van der Waals surface area contributed by atoms with Crippen molar-refractivity contribution in [3.05, 3.63) is 0 Å². The molecule has 0 bridgehead atoms. The van der Waals surface area contributed by atoms with Gasteiger partial charge in [-0.25, -0.2) is 5.43 Å². The Morgan fingerprint density at radius 1 is 1.13 bits per heavy atom. The van der Waals surface area contributed by atoms with Crippen molar-refractivity contribution in [2.45, 2.75) is 82.5 Å². The maximum atomic E-state index is 12.1. The highest BCUT2D eigenvalue weighted by Crippen LogP contribution is 2.33. The second-order valence-electron chi connectivity index (χ2n) is 8.78. The smallest absolute Gasteiger partial charge is 0.237 e. The Hall–Kier alpha value is -1.30. The number of fused-ring (bicyclic) bond motifs is 1. The molecule has 0 aromatic carbocycles. The molecule has 4 rings (SSSR count). The maximum absolute atomic E-state index is 12.1. The van der Waals surface area contributed by atoms with Crippen molar-refractivity contribution < 1.29 is 19.2 Å². The molecule has 3 aliphatic heterocycles. The van der Waals surface area contributed by atoms with Crippen LogP contribution in [0.5, 0.6) is 0 Å². The van der Waals surface area contributed by atoms with Crippen LogP contribution >= 0.6 is 0 Å². The molecule has 4 fully saturated rings. The minimum atomic E-state index is -0.164. The van der Waals surface area contributed by atoms with Gasteiger partial charge >= 0.3 is 0 Å². The van der Waals surface area contributed by atoms with E-state index in [-0.39, 0.29) is 42.4 Å². The number of nitrogens with one attached hydrogen (secondary N) is 6. The molecule has 170 valence electrons. The molecule has 3 saturated heterocycles. The van der Waals surface area contributed by atoms with E-state index in [1.165, 1.54) is 6.42 Å². The van der Waals surface area contributed by atoms with Crippen molar-refractivity contribution in [3.63, 3.8) is 0 Å². The monoisotopic (exact) mass is 424 g/mol. The minimum Gasteiger partial charge on any atom is -0.375 e. The fourth-order valence-corrected chi connectivity index (χ4v) is 4.97. The van der Waals surface area contributed by atoms with E-state index in [1.54, 1.807) is 0 Å². The van der Waals surface area contributed by atoms with Crippen LogP contribution in [0.25, 0.3) is 0 Å². The first-order chi connectivity index (χ1) is 14.7. The predicted molar refractivity (Wildman–Crippen MR) is 109 cm³/mol. The quantitative estimate of drug-likeness (QED) is 0.276. The van der Waals surface area contributed by atoms with Crippen LogP contribution in [-0.4, -0.2) is 56.2 Å². The number of carbonyl (C=O) groups is 2. The number of rotatable bonds is 9. The lowest BCUT2D eigenvalue weighted by atomic mass is 9.76. The fraction of sp³-hybridized carbons (Fsp3) is 0.900. The molecule has 6 N–H and O–H groups in total. The third kappa shape index (κ3) is 5.68. The number of hydrazine groups is 1. The van der Waals surface area contributed by atoms with Gasteiger partial charge in [-0.2, -0.15) is 5.48 Å². The summed E-state index contributed by atoms with van der Waals surface area (Å²) in [4.78, 5) is 29.6. The highest BCUT2D eigenvalue weighted by Gasteiger charge is 2.39. The maximum Gasteiger partial charge on any atom is 0.237 e. The number of ether oxygens (including phenoxy) is 1. The van der Waals surface area contributed by atoms with Crippen molar-refractivity contribution in [3.8, 4) is 0 Å². The van der Waals surface area contributed by atoms with E-state index >= 15 is 0 Å². The molecule has 6 unspecified atom stereocenters. The number of carbonyl (C=O) groups excluding carboxylic acids is 2. The molecule has 0 spiro atoms. The normalized spacial score (nSPS) is 36.3. The highest BCUT2D eigenvalue weighted by atomic mass is 16.7. The van der Waals surface area contributed by atoms with Gasteiger partial charge in [0.25, 0.3) is 0 Å². The molecular formula is C20H36N6O4. The zero-order valence-electron chi connectivity index (χ0n) is 17.6. The molecule has 6 atom stereocenters. The van der Waals surface area contributed by atoms with Crippen LogP contribution in [0.3, 0.4) is 0 Å². The molecular weight excluding hydrogens is 388 g/mol. The van der Waals surface area contributed by atoms with Crippen LogP contribution in [0.4, 0.5) is 0 Å². The summed E-state index contributed by atoms with van der Waals surface area (Å²) in [5.41, 5.74) is 8.89. The minimum absolute atomic E-state index is 0.00794. The van der Waals surface area contributed by atoms with Gasteiger partial charge in [0.2, 0.25) is 11.8 Å². The molecule has 10 heteroatoms. The molecule has 2 amide bonds. The Kier molecular flexibility index (Phi) is 7.91. The zero-order valence-corrected chi connectivity index (χ0v) is 17.6. The SMILES string of the molecule is O=C(CCC1NC(C2CCCO2)NO1)NCCCNC1NNC(=O)C2CCCCC12. The van der Waals surface area contributed by atoms with E-state index in [4.69, 9.17) is 9.57 Å². The first-order valence-corrected chi connectivity index (χ1v) is 11.5. The Balaban J connectivity index is 1.05. The third-order valence-electron chi connectivity index (χ3n) is 6.65. The number of hydrogen-bond donors (Lipinski definition) is 6.